The van der Waals surface area contributed by atoms with Crippen molar-refractivity contribution in [2.75, 3.05) is 17.2 Å². The van der Waals surface area contributed by atoms with Crippen LogP contribution in [0.4, 0.5) is 11.5 Å². The Labute approximate surface area is 143 Å². The maximum atomic E-state index is 12.3. The monoisotopic (exact) mass is 327 g/mol. The molecule has 0 unspecified atom stereocenters. The minimum Gasteiger partial charge on any atom is -0.491 e. The van der Waals surface area contributed by atoms with Gasteiger partial charge in [-0.2, -0.15) is 0 Å². The first-order valence-electron chi connectivity index (χ1n) is 8.22. The number of pyridine rings is 1. The first-order chi connectivity index (χ1) is 11.4. The van der Waals surface area contributed by atoms with E-state index < -0.39 is 0 Å². The Hall–Kier alpha value is -2.56. The lowest BCUT2D eigenvalue weighted by molar-refractivity contribution is 0.102. The van der Waals surface area contributed by atoms with Crippen LogP contribution in [0.2, 0.25) is 0 Å². The van der Waals surface area contributed by atoms with E-state index in [0.717, 1.165) is 23.8 Å². The Balaban J connectivity index is 1.94. The smallest absolute Gasteiger partial charge is 0.257 e. The summed E-state index contributed by atoms with van der Waals surface area (Å²) >= 11 is 0. The van der Waals surface area contributed by atoms with Crippen molar-refractivity contribution in [1.82, 2.24) is 4.98 Å². The van der Waals surface area contributed by atoms with Crippen molar-refractivity contribution < 1.29 is 9.53 Å². The van der Waals surface area contributed by atoms with Crippen LogP contribution >= 0.6 is 0 Å². The molecule has 1 aromatic carbocycles. The lowest BCUT2D eigenvalue weighted by Crippen LogP contribution is -2.13. The van der Waals surface area contributed by atoms with E-state index in [0.29, 0.717) is 11.5 Å². The maximum Gasteiger partial charge on any atom is 0.257 e. The van der Waals surface area contributed by atoms with Gasteiger partial charge in [-0.15, -0.1) is 0 Å². The highest BCUT2D eigenvalue weighted by atomic mass is 16.5. The predicted octanol–water partition coefficient (Wildman–Crippen LogP) is 4.19. The highest BCUT2D eigenvalue weighted by molar-refractivity contribution is 6.04. The zero-order chi connectivity index (χ0) is 17.5. The molecule has 1 aromatic heterocycles. The van der Waals surface area contributed by atoms with Crippen molar-refractivity contribution in [2.24, 2.45) is 5.92 Å². The molecule has 1 amide bonds. The number of rotatable bonds is 7. The van der Waals surface area contributed by atoms with Crippen LogP contribution in [0.25, 0.3) is 0 Å². The predicted molar refractivity (Wildman–Crippen MR) is 97.7 cm³/mol. The molecule has 2 aromatic rings. The van der Waals surface area contributed by atoms with Crippen molar-refractivity contribution in [3.05, 3.63) is 48.2 Å². The zero-order valence-corrected chi connectivity index (χ0v) is 14.7. The van der Waals surface area contributed by atoms with Crippen molar-refractivity contribution in [1.29, 1.82) is 0 Å². The minimum absolute atomic E-state index is 0.124. The largest absolute Gasteiger partial charge is 0.491 e. The third kappa shape index (κ3) is 5.57. The number of hydrogen-bond acceptors (Lipinski definition) is 4. The molecule has 128 valence electrons. The van der Waals surface area contributed by atoms with E-state index in [4.69, 9.17) is 4.74 Å². The lowest BCUT2D eigenvalue weighted by atomic mass is 10.2. The molecular formula is C19H25N3O2. The van der Waals surface area contributed by atoms with Crippen molar-refractivity contribution in [3.63, 3.8) is 0 Å². The maximum absolute atomic E-state index is 12.3. The average molecular weight is 327 g/mol. The Morgan fingerprint density at radius 2 is 1.79 bits per heavy atom. The summed E-state index contributed by atoms with van der Waals surface area (Å²) in [7, 11) is 0. The molecule has 1 heterocycles. The molecule has 5 heteroatoms. The van der Waals surface area contributed by atoms with E-state index in [2.05, 4.69) is 29.5 Å². The fourth-order valence-electron chi connectivity index (χ4n) is 2.03. The highest BCUT2D eigenvalue weighted by Gasteiger charge is 2.07. The summed E-state index contributed by atoms with van der Waals surface area (Å²) in [6.07, 6.45) is 1.70. The Bertz CT molecular complexity index is 649. The molecule has 0 spiro atoms. The highest BCUT2D eigenvalue weighted by Crippen LogP contribution is 2.17. The third-order valence-electron chi connectivity index (χ3n) is 3.20. The van der Waals surface area contributed by atoms with E-state index in [-0.39, 0.29) is 12.0 Å². The molecule has 0 bridgehead atoms. The second kappa shape index (κ2) is 8.34. The Kier molecular flexibility index (Phi) is 6.18. The molecule has 24 heavy (non-hydrogen) atoms. The number of benzene rings is 1. The number of carbonyl (C=O) groups is 1. The van der Waals surface area contributed by atoms with Gasteiger partial charge >= 0.3 is 0 Å². The molecule has 2 N–H and O–H groups in total. The van der Waals surface area contributed by atoms with Gasteiger partial charge in [0.05, 0.1) is 11.7 Å². The Morgan fingerprint density at radius 1 is 1.08 bits per heavy atom. The van der Waals surface area contributed by atoms with E-state index in [9.17, 15) is 4.79 Å². The SMILES string of the molecule is CC(C)CNc1ccc(C(=O)Nc2ccc(OC(C)C)cc2)cn1. The zero-order valence-electron chi connectivity index (χ0n) is 14.7. The van der Waals surface area contributed by atoms with Crippen LogP contribution in [0.5, 0.6) is 5.75 Å². The van der Waals surface area contributed by atoms with Gasteiger partial charge < -0.3 is 15.4 Å². The van der Waals surface area contributed by atoms with Gasteiger partial charge in [0.25, 0.3) is 5.91 Å². The number of hydrogen-bond donors (Lipinski definition) is 2. The third-order valence-corrected chi connectivity index (χ3v) is 3.20. The molecule has 0 radical (unpaired) electrons. The molecular weight excluding hydrogens is 302 g/mol. The van der Waals surface area contributed by atoms with Crippen LogP contribution in [-0.4, -0.2) is 23.5 Å². The van der Waals surface area contributed by atoms with E-state index >= 15 is 0 Å². The Morgan fingerprint density at radius 3 is 2.33 bits per heavy atom. The fourth-order valence-corrected chi connectivity index (χ4v) is 2.03. The fraction of sp³-hybridized carbons (Fsp3) is 0.368. The van der Waals surface area contributed by atoms with Gasteiger partial charge in [-0.1, -0.05) is 13.8 Å². The molecule has 0 atom stereocenters. The van der Waals surface area contributed by atoms with Gasteiger partial charge in [-0.05, 0) is 56.2 Å². The minimum atomic E-state index is -0.185. The number of aromatic nitrogens is 1. The van der Waals surface area contributed by atoms with Crippen LogP contribution in [0.1, 0.15) is 38.1 Å². The molecule has 0 saturated carbocycles. The molecule has 0 aliphatic carbocycles. The molecule has 0 saturated heterocycles. The van der Waals surface area contributed by atoms with Gasteiger partial charge in [0.15, 0.2) is 0 Å². The topological polar surface area (TPSA) is 63.2 Å². The summed E-state index contributed by atoms with van der Waals surface area (Å²) in [5, 5.41) is 6.08. The number of anilines is 2. The van der Waals surface area contributed by atoms with Crippen LogP contribution in [0.3, 0.4) is 0 Å². The van der Waals surface area contributed by atoms with Crippen molar-refractivity contribution >= 4 is 17.4 Å². The van der Waals surface area contributed by atoms with Crippen molar-refractivity contribution in [3.8, 4) is 5.75 Å². The summed E-state index contributed by atoms with van der Waals surface area (Å²) in [6, 6.07) is 10.9. The van der Waals surface area contributed by atoms with Gasteiger partial charge in [0.1, 0.15) is 11.6 Å². The lowest BCUT2D eigenvalue weighted by Gasteiger charge is -2.11. The number of amides is 1. The van der Waals surface area contributed by atoms with Gasteiger partial charge in [0.2, 0.25) is 0 Å². The standard InChI is InChI=1S/C19H25N3O2/c1-13(2)11-20-18-10-5-15(12-21-18)19(23)22-16-6-8-17(9-7-16)24-14(3)4/h5-10,12-14H,11H2,1-4H3,(H,20,21)(H,22,23). The van der Waals surface area contributed by atoms with Gasteiger partial charge in [-0.3, -0.25) is 4.79 Å². The van der Waals surface area contributed by atoms with E-state index in [1.54, 1.807) is 12.3 Å². The normalized spacial score (nSPS) is 10.8. The first kappa shape index (κ1) is 17.8. The van der Waals surface area contributed by atoms with E-state index in [1.165, 1.54) is 0 Å². The van der Waals surface area contributed by atoms with E-state index in [1.807, 2.05) is 44.2 Å². The molecule has 0 aliphatic heterocycles. The van der Waals surface area contributed by atoms with Crippen LogP contribution in [0.15, 0.2) is 42.6 Å². The average Bonchev–Trinajstić information content (AvgIpc) is 2.54. The van der Waals surface area contributed by atoms with Crippen LogP contribution < -0.4 is 15.4 Å². The van der Waals surface area contributed by atoms with Crippen LogP contribution in [-0.2, 0) is 0 Å². The molecule has 0 fully saturated rings. The summed E-state index contributed by atoms with van der Waals surface area (Å²) in [4.78, 5) is 16.5. The number of nitrogens with zero attached hydrogens (tertiary/aromatic N) is 1. The first-order valence-corrected chi connectivity index (χ1v) is 8.22. The van der Waals surface area contributed by atoms with Gasteiger partial charge in [-0.25, -0.2) is 4.98 Å². The summed E-state index contributed by atoms with van der Waals surface area (Å²) in [5.41, 5.74) is 1.24. The van der Waals surface area contributed by atoms with Crippen LogP contribution in [0, 0.1) is 5.92 Å². The second-order valence-corrected chi connectivity index (χ2v) is 6.35. The van der Waals surface area contributed by atoms with Gasteiger partial charge in [0, 0.05) is 18.4 Å². The molecule has 0 aliphatic rings. The van der Waals surface area contributed by atoms with Crippen molar-refractivity contribution in [2.45, 2.75) is 33.8 Å². The number of carbonyl (C=O) groups excluding carboxylic acids is 1. The molecule has 2 rings (SSSR count). The quantitative estimate of drug-likeness (QED) is 0.800. The molecule has 5 nitrogen and oxygen atoms in total. The summed E-state index contributed by atoms with van der Waals surface area (Å²) < 4.78 is 5.58. The summed E-state index contributed by atoms with van der Waals surface area (Å²) in [5.74, 6) is 1.91. The summed E-state index contributed by atoms with van der Waals surface area (Å²) in [6.45, 7) is 9.06. The number of nitrogens with one attached hydrogen (secondary N) is 2. The second-order valence-electron chi connectivity index (χ2n) is 6.35. The number of ether oxygens (including phenoxy) is 1.